The number of rotatable bonds is 4. The topological polar surface area (TPSA) is 73.6 Å². The molecule has 1 aliphatic carbocycles. The molecule has 19 heavy (non-hydrogen) atoms. The summed E-state index contributed by atoms with van der Waals surface area (Å²) >= 11 is 0. The lowest BCUT2D eigenvalue weighted by Gasteiger charge is -2.42. The molecule has 1 fully saturated rings. The molecule has 1 aliphatic rings. The van der Waals surface area contributed by atoms with E-state index in [-0.39, 0.29) is 17.6 Å². The molecule has 0 spiro atoms. The van der Waals surface area contributed by atoms with E-state index in [1.807, 2.05) is 20.8 Å². The van der Waals surface area contributed by atoms with Gasteiger partial charge in [-0.05, 0) is 33.6 Å². The van der Waals surface area contributed by atoms with Crippen LogP contribution in [0.5, 0.6) is 0 Å². The number of amides is 1. The average Bonchev–Trinajstić information content (AvgIpc) is 2.27. The average molecular weight is 272 g/mol. The summed E-state index contributed by atoms with van der Waals surface area (Å²) in [6.07, 6.45) is 5.01. The highest BCUT2D eigenvalue weighted by Crippen LogP contribution is 2.34. The van der Waals surface area contributed by atoms with E-state index in [1.54, 1.807) is 0 Å². The molecule has 1 unspecified atom stereocenters. The molecule has 5 heteroatoms. The molecule has 112 valence electrons. The van der Waals surface area contributed by atoms with E-state index < -0.39 is 5.60 Å². The van der Waals surface area contributed by atoms with Gasteiger partial charge in [-0.3, -0.25) is 0 Å². The van der Waals surface area contributed by atoms with Crippen LogP contribution in [-0.2, 0) is 9.57 Å². The third-order valence-electron chi connectivity index (χ3n) is 3.79. The number of carbonyl (C=O) groups excluding carboxylic acids is 1. The second-order valence-corrected chi connectivity index (χ2v) is 6.58. The maximum Gasteiger partial charge on any atom is 0.408 e. The van der Waals surface area contributed by atoms with Gasteiger partial charge in [0, 0.05) is 11.5 Å². The molecule has 1 saturated carbocycles. The van der Waals surface area contributed by atoms with Gasteiger partial charge in [-0.1, -0.05) is 26.2 Å². The third-order valence-corrected chi connectivity index (χ3v) is 3.79. The zero-order valence-corrected chi connectivity index (χ0v) is 12.6. The molecule has 0 aromatic rings. The van der Waals surface area contributed by atoms with Crippen LogP contribution in [0.4, 0.5) is 4.79 Å². The fourth-order valence-electron chi connectivity index (χ4n) is 2.73. The number of hydrogen-bond acceptors (Lipinski definition) is 4. The van der Waals surface area contributed by atoms with Gasteiger partial charge in [0.25, 0.3) is 0 Å². The first-order valence-corrected chi connectivity index (χ1v) is 7.12. The van der Waals surface area contributed by atoms with E-state index in [0.717, 1.165) is 25.7 Å². The highest BCUT2D eigenvalue weighted by Gasteiger charge is 2.39. The minimum atomic E-state index is -0.479. The van der Waals surface area contributed by atoms with Gasteiger partial charge >= 0.3 is 6.09 Å². The van der Waals surface area contributed by atoms with Crippen molar-refractivity contribution in [2.24, 2.45) is 11.8 Å². The normalized spacial score (nSPS) is 20.7. The van der Waals surface area contributed by atoms with Gasteiger partial charge in [0.05, 0.1) is 6.61 Å². The maximum absolute atomic E-state index is 12.0. The summed E-state index contributed by atoms with van der Waals surface area (Å²) in [5.41, 5.74) is -0.729. The van der Waals surface area contributed by atoms with E-state index in [2.05, 4.69) is 12.2 Å². The Bertz CT molecular complexity index is 294. The van der Waals surface area contributed by atoms with Gasteiger partial charge < -0.3 is 14.9 Å². The van der Waals surface area contributed by atoms with Gasteiger partial charge in [0.15, 0.2) is 0 Å². The molecule has 0 aromatic heterocycles. The quantitative estimate of drug-likeness (QED) is 0.772. The van der Waals surface area contributed by atoms with Gasteiger partial charge in [0.1, 0.15) is 5.60 Å². The summed E-state index contributed by atoms with van der Waals surface area (Å²) < 4.78 is 5.37. The Morgan fingerprint density at radius 1 is 1.32 bits per heavy atom. The Balaban J connectivity index is 2.71. The zero-order chi connectivity index (χ0) is 14.5. The maximum atomic E-state index is 12.0. The van der Waals surface area contributed by atoms with Crippen molar-refractivity contribution < 1.29 is 14.4 Å². The van der Waals surface area contributed by atoms with Crippen molar-refractivity contribution in [3.8, 4) is 0 Å². The molecule has 3 N–H and O–H groups in total. The van der Waals surface area contributed by atoms with E-state index in [1.165, 1.54) is 6.42 Å². The second-order valence-electron chi connectivity index (χ2n) is 6.58. The van der Waals surface area contributed by atoms with Gasteiger partial charge in [-0.25, -0.2) is 10.7 Å². The summed E-state index contributed by atoms with van der Waals surface area (Å²) in [5, 5.41) is 3.08. The second kappa shape index (κ2) is 6.57. The number of alkyl carbamates (subject to hydrolysis) is 1. The monoisotopic (exact) mass is 272 g/mol. The van der Waals surface area contributed by atoms with Crippen molar-refractivity contribution in [1.82, 2.24) is 5.32 Å². The lowest BCUT2D eigenvalue weighted by Crippen LogP contribution is -2.56. The van der Waals surface area contributed by atoms with Gasteiger partial charge in [-0.15, -0.1) is 0 Å². The standard InChI is InChI=1S/C14H28N2O3/c1-11(10-18-15)14(8-6-5-7-9-14)16-12(17)19-13(2,3)4/h11H,5-10,15H2,1-4H3,(H,16,17). The fourth-order valence-corrected chi connectivity index (χ4v) is 2.73. The molecule has 0 aromatic carbocycles. The Kier molecular flexibility index (Phi) is 5.62. The van der Waals surface area contributed by atoms with Crippen LogP contribution in [0.2, 0.25) is 0 Å². The molecule has 1 rings (SSSR count). The molecular weight excluding hydrogens is 244 g/mol. The van der Waals surface area contributed by atoms with Crippen LogP contribution in [0.15, 0.2) is 0 Å². The number of hydrogen-bond donors (Lipinski definition) is 2. The largest absolute Gasteiger partial charge is 0.444 e. The van der Waals surface area contributed by atoms with Crippen molar-refractivity contribution in [2.45, 2.75) is 70.9 Å². The lowest BCUT2D eigenvalue weighted by atomic mass is 9.73. The SMILES string of the molecule is CC(CON)C1(NC(=O)OC(C)(C)C)CCCCC1. The van der Waals surface area contributed by atoms with Crippen molar-refractivity contribution in [3.63, 3.8) is 0 Å². The molecular formula is C14H28N2O3. The molecule has 1 atom stereocenters. The van der Waals surface area contributed by atoms with Crippen LogP contribution >= 0.6 is 0 Å². The molecule has 0 heterocycles. The van der Waals surface area contributed by atoms with Crippen molar-refractivity contribution in [2.75, 3.05) is 6.61 Å². The molecule has 0 bridgehead atoms. The number of nitrogens with two attached hydrogens (primary N) is 1. The third kappa shape index (κ3) is 4.99. The van der Waals surface area contributed by atoms with Gasteiger partial charge in [0.2, 0.25) is 0 Å². The number of ether oxygens (including phenoxy) is 1. The first-order chi connectivity index (χ1) is 8.79. The molecule has 1 amide bonds. The number of nitrogens with one attached hydrogen (secondary N) is 1. The highest BCUT2D eigenvalue weighted by molar-refractivity contribution is 5.68. The first kappa shape index (κ1) is 16.2. The van der Waals surface area contributed by atoms with Crippen LogP contribution in [0.25, 0.3) is 0 Å². The molecule has 0 saturated heterocycles. The first-order valence-electron chi connectivity index (χ1n) is 7.12. The summed E-state index contributed by atoms with van der Waals surface area (Å²) in [5.74, 6) is 5.36. The van der Waals surface area contributed by atoms with E-state index in [9.17, 15) is 4.79 Å². The zero-order valence-electron chi connectivity index (χ0n) is 12.6. The minimum Gasteiger partial charge on any atom is -0.444 e. The highest BCUT2D eigenvalue weighted by atomic mass is 16.6. The Morgan fingerprint density at radius 2 is 1.89 bits per heavy atom. The van der Waals surface area contributed by atoms with Crippen LogP contribution in [0, 0.1) is 5.92 Å². The van der Waals surface area contributed by atoms with Crippen LogP contribution in [0.1, 0.15) is 59.8 Å². The Morgan fingerprint density at radius 3 is 2.37 bits per heavy atom. The summed E-state index contributed by atoms with van der Waals surface area (Å²) in [6, 6.07) is 0. The smallest absolute Gasteiger partial charge is 0.408 e. The summed E-state index contributed by atoms with van der Waals surface area (Å²) in [6.45, 7) is 8.11. The van der Waals surface area contributed by atoms with Crippen molar-refractivity contribution in [3.05, 3.63) is 0 Å². The predicted molar refractivity (Wildman–Crippen MR) is 74.5 cm³/mol. The van der Waals surface area contributed by atoms with Gasteiger partial charge in [-0.2, -0.15) is 0 Å². The molecule has 5 nitrogen and oxygen atoms in total. The van der Waals surface area contributed by atoms with Crippen molar-refractivity contribution >= 4 is 6.09 Å². The molecule has 0 radical (unpaired) electrons. The summed E-state index contributed by atoms with van der Waals surface area (Å²) in [4.78, 5) is 16.8. The van der Waals surface area contributed by atoms with Crippen molar-refractivity contribution in [1.29, 1.82) is 0 Å². The Hall–Kier alpha value is -0.810. The lowest BCUT2D eigenvalue weighted by molar-refractivity contribution is 0.0191. The van der Waals surface area contributed by atoms with Crippen LogP contribution in [-0.4, -0.2) is 23.8 Å². The predicted octanol–water partition coefficient (Wildman–Crippen LogP) is 2.74. The van der Waals surface area contributed by atoms with E-state index >= 15 is 0 Å². The summed E-state index contributed by atoms with van der Waals surface area (Å²) in [7, 11) is 0. The minimum absolute atomic E-state index is 0.172. The van der Waals surface area contributed by atoms with E-state index in [0.29, 0.717) is 6.61 Å². The molecule has 0 aliphatic heterocycles. The Labute approximate surface area is 116 Å². The number of carbonyl (C=O) groups is 1. The van der Waals surface area contributed by atoms with Crippen LogP contribution < -0.4 is 11.2 Å². The van der Waals surface area contributed by atoms with Crippen LogP contribution in [0.3, 0.4) is 0 Å². The van der Waals surface area contributed by atoms with E-state index in [4.69, 9.17) is 15.5 Å². The fraction of sp³-hybridized carbons (Fsp3) is 0.929.